The zero-order chi connectivity index (χ0) is 22.8. The van der Waals surface area contributed by atoms with Crippen molar-refractivity contribution < 1.29 is 43.1 Å². The van der Waals surface area contributed by atoms with E-state index < -0.39 is 58.0 Å². The van der Waals surface area contributed by atoms with Crippen LogP contribution >= 0.6 is 0 Å². The lowest BCUT2D eigenvalue weighted by Gasteiger charge is -2.49. The minimum Gasteiger partial charge on any atom is -0.504 e. The van der Waals surface area contributed by atoms with E-state index in [0.717, 1.165) is 0 Å². The van der Waals surface area contributed by atoms with Gasteiger partial charge in [0, 0.05) is 5.92 Å². The average molecular weight is 464 g/mol. The van der Waals surface area contributed by atoms with Crippen molar-refractivity contribution in [2.75, 3.05) is 6.79 Å². The molecule has 6 atom stereocenters. The Morgan fingerprint density at radius 1 is 1.03 bits per heavy atom. The minimum atomic E-state index is -4.16. The molecule has 0 spiro atoms. The van der Waals surface area contributed by atoms with Crippen LogP contribution in [0.2, 0.25) is 0 Å². The maximum absolute atomic E-state index is 13.0. The van der Waals surface area contributed by atoms with E-state index in [0.29, 0.717) is 0 Å². The highest BCUT2D eigenvalue weighted by Crippen LogP contribution is 2.50. The Kier molecular flexibility index (Phi) is 4.80. The summed E-state index contributed by atoms with van der Waals surface area (Å²) in [5, 5.41) is 44.8. The highest BCUT2D eigenvalue weighted by Gasteiger charge is 2.55. The number of hydrogen-bond donors (Lipinski definition) is 6. The number of rotatable bonds is 3. The molecule has 3 aliphatic rings. The van der Waals surface area contributed by atoms with E-state index in [4.69, 9.17) is 9.47 Å². The number of aromatic hydroxyl groups is 1. The summed E-state index contributed by atoms with van der Waals surface area (Å²) in [6, 6.07) is 6.32. The van der Waals surface area contributed by atoms with Crippen molar-refractivity contribution in [3.63, 3.8) is 0 Å². The van der Waals surface area contributed by atoms with E-state index in [2.05, 4.69) is 10.0 Å². The second kappa shape index (κ2) is 7.32. The first kappa shape index (κ1) is 21.0. The molecule has 0 unspecified atom stereocenters. The Balaban J connectivity index is 1.65. The number of fused-ring (bicyclic) bond motifs is 4. The van der Waals surface area contributed by atoms with E-state index in [-0.39, 0.29) is 34.3 Å². The summed E-state index contributed by atoms with van der Waals surface area (Å²) in [6.45, 7) is -0.185. The first-order valence-electron chi connectivity index (χ1n) is 9.78. The quantitative estimate of drug-likeness (QED) is 0.325. The normalized spacial score (nSPS) is 30.9. The number of sulfonamides is 1. The predicted octanol–water partition coefficient (Wildman–Crippen LogP) is -1.24. The molecule has 0 radical (unpaired) electrons. The molecule has 2 heterocycles. The Bertz CT molecular complexity index is 1190. The summed E-state index contributed by atoms with van der Waals surface area (Å²) in [7, 11) is -4.16. The zero-order valence-corrected chi connectivity index (χ0v) is 17.2. The first-order chi connectivity index (χ1) is 15.2. The molecule has 6 N–H and O–H groups in total. The molecular formula is C20H20N2O9S. The third-order valence-corrected chi connectivity index (χ3v) is 7.58. The molecule has 1 amide bonds. The lowest BCUT2D eigenvalue weighted by Crippen LogP contribution is -2.69. The number of nitrogens with one attached hydrogen (secondary N) is 2. The van der Waals surface area contributed by atoms with Crippen LogP contribution in [0, 0.1) is 0 Å². The molecule has 0 bridgehead atoms. The van der Waals surface area contributed by atoms with Crippen LogP contribution < -0.4 is 19.5 Å². The van der Waals surface area contributed by atoms with Crippen molar-refractivity contribution in [1.29, 1.82) is 0 Å². The smallest absolute Gasteiger partial charge is 0.255 e. The van der Waals surface area contributed by atoms with Crippen molar-refractivity contribution in [3.8, 4) is 17.2 Å². The fraction of sp³-hybridized carbons (Fsp3) is 0.350. The zero-order valence-electron chi connectivity index (χ0n) is 16.4. The number of phenols is 1. The van der Waals surface area contributed by atoms with Crippen molar-refractivity contribution in [1.82, 2.24) is 10.0 Å². The summed E-state index contributed by atoms with van der Waals surface area (Å²) in [6.07, 6.45) is -5.07. The van der Waals surface area contributed by atoms with E-state index in [1.165, 1.54) is 30.3 Å². The van der Waals surface area contributed by atoms with Crippen molar-refractivity contribution in [3.05, 3.63) is 47.5 Å². The summed E-state index contributed by atoms with van der Waals surface area (Å²) in [5.41, 5.74) is -0.0403. The lowest BCUT2D eigenvalue weighted by molar-refractivity contribution is -0.115. The summed E-state index contributed by atoms with van der Waals surface area (Å²) in [5.74, 6) is -2.18. The number of aliphatic hydroxyl groups is 3. The molecule has 2 aliphatic heterocycles. The van der Waals surface area contributed by atoms with Crippen LogP contribution in [-0.2, 0) is 10.0 Å². The molecule has 32 heavy (non-hydrogen) atoms. The molecule has 2 aromatic rings. The fourth-order valence-corrected chi connectivity index (χ4v) is 5.89. The Labute approximate surface area is 182 Å². The van der Waals surface area contributed by atoms with Crippen LogP contribution in [0.3, 0.4) is 0 Å². The van der Waals surface area contributed by atoms with Crippen molar-refractivity contribution in [2.45, 2.75) is 41.2 Å². The monoisotopic (exact) mass is 464 g/mol. The van der Waals surface area contributed by atoms with Gasteiger partial charge in [-0.3, -0.25) is 4.79 Å². The SMILES string of the molecule is O=C1N[C@H]2[C@H](O)[C@H](O)[C@@H](O)[C@H](NS(=O)(=O)c3ccccc3)[C@@H]2c2cc3c(c(O)c21)OCO3. The molecule has 2 aromatic carbocycles. The second-order valence-electron chi connectivity index (χ2n) is 7.88. The molecule has 11 nitrogen and oxygen atoms in total. The summed E-state index contributed by atoms with van der Waals surface area (Å²) >= 11 is 0. The number of aliphatic hydroxyl groups excluding tert-OH is 3. The second-order valence-corrected chi connectivity index (χ2v) is 9.59. The largest absolute Gasteiger partial charge is 0.504 e. The van der Waals surface area contributed by atoms with E-state index in [9.17, 15) is 33.6 Å². The predicted molar refractivity (Wildman–Crippen MR) is 107 cm³/mol. The van der Waals surface area contributed by atoms with Crippen LogP contribution in [-0.4, -0.2) is 71.9 Å². The Hall–Kier alpha value is -2.90. The van der Waals surface area contributed by atoms with Gasteiger partial charge in [0.2, 0.25) is 22.6 Å². The van der Waals surface area contributed by atoms with Crippen LogP contribution in [0.25, 0.3) is 0 Å². The third-order valence-electron chi connectivity index (χ3n) is 6.11. The summed E-state index contributed by atoms with van der Waals surface area (Å²) in [4.78, 5) is 12.7. The van der Waals surface area contributed by atoms with Crippen LogP contribution in [0.15, 0.2) is 41.3 Å². The van der Waals surface area contributed by atoms with Gasteiger partial charge in [0.25, 0.3) is 5.91 Å². The lowest BCUT2D eigenvalue weighted by atomic mass is 9.69. The number of carbonyl (C=O) groups excluding carboxylic acids is 1. The fourth-order valence-electron chi connectivity index (χ4n) is 4.60. The average Bonchev–Trinajstić information content (AvgIpc) is 3.25. The van der Waals surface area contributed by atoms with Crippen LogP contribution in [0.5, 0.6) is 17.2 Å². The van der Waals surface area contributed by atoms with E-state index in [1.807, 2.05) is 0 Å². The first-order valence-corrected chi connectivity index (χ1v) is 11.3. The molecule has 5 rings (SSSR count). The molecular weight excluding hydrogens is 444 g/mol. The van der Waals surface area contributed by atoms with Gasteiger partial charge in [0.1, 0.15) is 12.2 Å². The van der Waals surface area contributed by atoms with E-state index >= 15 is 0 Å². The number of carbonyl (C=O) groups is 1. The van der Waals surface area contributed by atoms with Gasteiger partial charge in [-0.2, -0.15) is 0 Å². The van der Waals surface area contributed by atoms with Gasteiger partial charge in [-0.15, -0.1) is 0 Å². The van der Waals surface area contributed by atoms with E-state index in [1.54, 1.807) is 6.07 Å². The molecule has 1 aliphatic carbocycles. The standard InChI is InChI=1S/C20H20N2O9S/c23-15-12-9(6-10-19(15)31-7-30-10)11-13(21-20(12)27)16(24)18(26)17(25)14(11)22-32(28,29)8-4-2-1-3-5-8/h1-6,11,13-14,16-18,22-26H,7H2,(H,21,27)/t11-,13-,14-,16+,17+,18+/m1/s1. The maximum Gasteiger partial charge on any atom is 0.255 e. The highest BCUT2D eigenvalue weighted by atomic mass is 32.2. The number of hydrogen-bond acceptors (Lipinski definition) is 9. The molecule has 1 saturated carbocycles. The molecule has 1 fully saturated rings. The van der Waals surface area contributed by atoms with Gasteiger partial charge in [-0.25, -0.2) is 13.1 Å². The highest BCUT2D eigenvalue weighted by molar-refractivity contribution is 7.89. The molecule has 12 heteroatoms. The van der Waals surface area contributed by atoms with Crippen molar-refractivity contribution in [2.24, 2.45) is 0 Å². The molecule has 0 saturated heterocycles. The van der Waals surface area contributed by atoms with Crippen LogP contribution in [0.1, 0.15) is 21.8 Å². The number of phenolic OH excluding ortho intramolecular Hbond substituents is 1. The van der Waals surface area contributed by atoms with Crippen LogP contribution in [0.4, 0.5) is 0 Å². The van der Waals surface area contributed by atoms with Gasteiger partial charge < -0.3 is 35.2 Å². The minimum absolute atomic E-state index is 0.0318. The Morgan fingerprint density at radius 2 is 1.75 bits per heavy atom. The van der Waals surface area contributed by atoms with Gasteiger partial charge in [-0.05, 0) is 23.8 Å². The van der Waals surface area contributed by atoms with Gasteiger partial charge in [0.05, 0.1) is 28.6 Å². The van der Waals surface area contributed by atoms with Crippen molar-refractivity contribution >= 4 is 15.9 Å². The number of amides is 1. The number of ether oxygens (including phenoxy) is 2. The number of benzene rings is 2. The van der Waals surface area contributed by atoms with Gasteiger partial charge >= 0.3 is 0 Å². The Morgan fingerprint density at radius 3 is 2.47 bits per heavy atom. The van der Waals surface area contributed by atoms with Gasteiger partial charge in [-0.1, -0.05) is 18.2 Å². The molecule has 170 valence electrons. The molecule has 0 aromatic heterocycles. The summed E-state index contributed by atoms with van der Waals surface area (Å²) < 4.78 is 38.9. The maximum atomic E-state index is 13.0. The third kappa shape index (κ3) is 3.03. The topological polar surface area (TPSA) is 175 Å². The van der Waals surface area contributed by atoms with Gasteiger partial charge in [0.15, 0.2) is 11.5 Å².